The highest BCUT2D eigenvalue weighted by atomic mass is 32.2. The van der Waals surface area contributed by atoms with Crippen LogP contribution in [-0.2, 0) is 10.2 Å². The van der Waals surface area contributed by atoms with E-state index in [9.17, 15) is 13.5 Å². The summed E-state index contributed by atoms with van der Waals surface area (Å²) in [5.41, 5.74) is 0.756. The lowest BCUT2D eigenvalue weighted by Crippen LogP contribution is -2.43. The van der Waals surface area contributed by atoms with Gasteiger partial charge in [0.25, 0.3) is 10.2 Å². The maximum absolute atomic E-state index is 12.4. The zero-order chi connectivity index (χ0) is 15.0. The molecule has 0 aromatic heterocycles. The van der Waals surface area contributed by atoms with Gasteiger partial charge in [-0.05, 0) is 18.4 Å². The van der Waals surface area contributed by atoms with E-state index in [-0.39, 0.29) is 6.61 Å². The molecule has 114 valence electrons. The quantitative estimate of drug-likeness (QED) is 0.729. The second-order valence-corrected chi connectivity index (χ2v) is 6.37. The van der Waals surface area contributed by atoms with Gasteiger partial charge in [-0.25, -0.2) is 0 Å². The van der Waals surface area contributed by atoms with Gasteiger partial charge in [-0.2, -0.15) is 17.4 Å². The van der Waals surface area contributed by atoms with Crippen molar-refractivity contribution in [1.29, 1.82) is 0 Å². The smallest absolute Gasteiger partial charge is 0.280 e. The number of benzene rings is 1. The van der Waals surface area contributed by atoms with E-state index in [2.05, 4.69) is 4.72 Å². The fraction of sp³-hybridized carbons (Fsp3) is 0.571. The van der Waals surface area contributed by atoms with Gasteiger partial charge in [0, 0.05) is 13.1 Å². The number of rotatable bonds is 9. The third-order valence-corrected chi connectivity index (χ3v) is 4.59. The van der Waals surface area contributed by atoms with Crippen LogP contribution < -0.4 is 4.72 Å². The summed E-state index contributed by atoms with van der Waals surface area (Å²) in [6.45, 7) is 4.58. The molecule has 1 aromatic rings. The van der Waals surface area contributed by atoms with Gasteiger partial charge < -0.3 is 5.11 Å². The Labute approximate surface area is 121 Å². The molecule has 0 fully saturated rings. The first kappa shape index (κ1) is 17.1. The van der Waals surface area contributed by atoms with E-state index in [4.69, 9.17) is 0 Å². The van der Waals surface area contributed by atoms with Gasteiger partial charge in [0.1, 0.15) is 0 Å². The summed E-state index contributed by atoms with van der Waals surface area (Å²) in [6, 6.07) is 8.48. The van der Waals surface area contributed by atoms with E-state index in [0.717, 1.165) is 18.4 Å². The molecule has 0 saturated carbocycles. The molecule has 0 aliphatic rings. The standard InChI is InChI=1S/C14H24N2O3S/c1-3-10-16(11-4-2)20(18,19)15-14(12-17)13-8-6-5-7-9-13/h5-9,14-15,17H,3-4,10-12H2,1-2H3/t14-/m0/s1. The van der Waals surface area contributed by atoms with E-state index in [0.29, 0.717) is 13.1 Å². The molecule has 0 aliphatic heterocycles. The molecule has 0 saturated heterocycles. The molecule has 0 unspecified atom stereocenters. The summed E-state index contributed by atoms with van der Waals surface area (Å²) in [4.78, 5) is 0. The van der Waals surface area contributed by atoms with Crippen molar-refractivity contribution in [3.8, 4) is 0 Å². The minimum Gasteiger partial charge on any atom is -0.394 e. The van der Waals surface area contributed by atoms with Crippen molar-refractivity contribution < 1.29 is 13.5 Å². The minimum absolute atomic E-state index is 0.269. The topological polar surface area (TPSA) is 69.6 Å². The van der Waals surface area contributed by atoms with Gasteiger partial charge in [-0.1, -0.05) is 44.2 Å². The van der Waals surface area contributed by atoms with Crippen molar-refractivity contribution in [1.82, 2.24) is 9.03 Å². The van der Waals surface area contributed by atoms with E-state index in [1.807, 2.05) is 32.0 Å². The van der Waals surface area contributed by atoms with Crippen molar-refractivity contribution in [3.05, 3.63) is 35.9 Å². The van der Waals surface area contributed by atoms with Crippen molar-refractivity contribution in [2.24, 2.45) is 0 Å². The molecule has 0 radical (unpaired) electrons. The Morgan fingerprint density at radius 1 is 1.15 bits per heavy atom. The predicted molar refractivity (Wildman–Crippen MR) is 80.5 cm³/mol. The third-order valence-electron chi connectivity index (χ3n) is 2.96. The van der Waals surface area contributed by atoms with Crippen LogP contribution >= 0.6 is 0 Å². The average molecular weight is 300 g/mol. The van der Waals surface area contributed by atoms with Crippen LogP contribution in [0.25, 0.3) is 0 Å². The van der Waals surface area contributed by atoms with E-state index in [1.54, 1.807) is 12.1 Å². The Hall–Kier alpha value is -0.950. The lowest BCUT2D eigenvalue weighted by Gasteiger charge is -2.25. The largest absolute Gasteiger partial charge is 0.394 e. The van der Waals surface area contributed by atoms with Gasteiger partial charge in [0.15, 0.2) is 0 Å². The van der Waals surface area contributed by atoms with Crippen LogP contribution in [0.2, 0.25) is 0 Å². The summed E-state index contributed by atoms with van der Waals surface area (Å²) >= 11 is 0. The average Bonchev–Trinajstić information content (AvgIpc) is 2.45. The minimum atomic E-state index is -3.58. The summed E-state index contributed by atoms with van der Waals surface area (Å²) < 4.78 is 28.7. The van der Waals surface area contributed by atoms with E-state index in [1.165, 1.54) is 4.31 Å². The summed E-state index contributed by atoms with van der Waals surface area (Å²) in [7, 11) is -3.58. The number of nitrogens with zero attached hydrogens (tertiary/aromatic N) is 1. The number of aliphatic hydroxyl groups excluding tert-OH is 1. The Bertz CT molecular complexity index is 470. The molecule has 5 nitrogen and oxygen atoms in total. The lowest BCUT2D eigenvalue weighted by atomic mass is 10.1. The molecule has 0 bridgehead atoms. The van der Waals surface area contributed by atoms with Crippen molar-refractivity contribution >= 4 is 10.2 Å². The molecule has 6 heteroatoms. The molecule has 0 heterocycles. The van der Waals surface area contributed by atoms with Gasteiger partial charge in [0.05, 0.1) is 12.6 Å². The van der Waals surface area contributed by atoms with Crippen LogP contribution in [-0.4, -0.2) is 37.5 Å². The normalized spacial score (nSPS) is 13.6. The first-order valence-electron chi connectivity index (χ1n) is 6.98. The van der Waals surface area contributed by atoms with E-state index < -0.39 is 16.3 Å². The Morgan fingerprint density at radius 2 is 1.70 bits per heavy atom. The van der Waals surface area contributed by atoms with Crippen molar-refractivity contribution in [2.45, 2.75) is 32.7 Å². The van der Waals surface area contributed by atoms with Crippen molar-refractivity contribution in [3.63, 3.8) is 0 Å². The summed E-state index contributed by atoms with van der Waals surface area (Å²) in [5, 5.41) is 9.44. The number of hydrogen-bond donors (Lipinski definition) is 2. The SMILES string of the molecule is CCCN(CCC)S(=O)(=O)N[C@@H](CO)c1ccccc1. The molecule has 0 amide bonds. The second kappa shape index (κ2) is 8.36. The zero-order valence-electron chi connectivity index (χ0n) is 12.1. The summed E-state index contributed by atoms with van der Waals surface area (Å²) in [5.74, 6) is 0. The maximum atomic E-state index is 12.4. The molecule has 2 N–H and O–H groups in total. The Morgan fingerprint density at radius 3 is 2.15 bits per heavy atom. The van der Waals surface area contributed by atoms with E-state index >= 15 is 0 Å². The number of hydrogen-bond acceptors (Lipinski definition) is 3. The molecule has 1 atom stereocenters. The zero-order valence-corrected chi connectivity index (χ0v) is 12.9. The number of nitrogens with one attached hydrogen (secondary N) is 1. The monoisotopic (exact) mass is 300 g/mol. The predicted octanol–water partition coefficient (Wildman–Crippen LogP) is 1.68. The van der Waals surface area contributed by atoms with Crippen LogP contribution in [0.5, 0.6) is 0 Å². The first-order chi connectivity index (χ1) is 9.55. The molecule has 20 heavy (non-hydrogen) atoms. The fourth-order valence-corrected chi connectivity index (χ4v) is 3.57. The van der Waals surface area contributed by atoms with Crippen LogP contribution in [0, 0.1) is 0 Å². The lowest BCUT2D eigenvalue weighted by molar-refractivity contribution is 0.255. The Kier molecular flexibility index (Phi) is 7.15. The van der Waals surface area contributed by atoms with Crippen LogP contribution in [0.15, 0.2) is 30.3 Å². The van der Waals surface area contributed by atoms with Crippen LogP contribution in [0.1, 0.15) is 38.3 Å². The third kappa shape index (κ3) is 4.86. The highest BCUT2D eigenvalue weighted by Gasteiger charge is 2.24. The molecular formula is C14H24N2O3S. The highest BCUT2D eigenvalue weighted by molar-refractivity contribution is 7.87. The maximum Gasteiger partial charge on any atom is 0.280 e. The molecule has 0 spiro atoms. The Balaban J connectivity index is 2.86. The fourth-order valence-electron chi connectivity index (χ4n) is 2.00. The molecule has 1 rings (SSSR count). The van der Waals surface area contributed by atoms with Crippen molar-refractivity contribution in [2.75, 3.05) is 19.7 Å². The highest BCUT2D eigenvalue weighted by Crippen LogP contribution is 2.14. The van der Waals surface area contributed by atoms with Crippen LogP contribution in [0.3, 0.4) is 0 Å². The molecular weight excluding hydrogens is 276 g/mol. The second-order valence-electron chi connectivity index (χ2n) is 4.67. The van der Waals surface area contributed by atoms with Crippen LogP contribution in [0.4, 0.5) is 0 Å². The molecule has 1 aromatic carbocycles. The van der Waals surface area contributed by atoms with Gasteiger partial charge in [-0.3, -0.25) is 0 Å². The first-order valence-corrected chi connectivity index (χ1v) is 8.42. The van der Waals surface area contributed by atoms with Gasteiger partial charge in [-0.15, -0.1) is 0 Å². The summed E-state index contributed by atoms with van der Waals surface area (Å²) in [6.07, 6.45) is 1.52. The van der Waals surface area contributed by atoms with Gasteiger partial charge >= 0.3 is 0 Å². The molecule has 0 aliphatic carbocycles. The van der Waals surface area contributed by atoms with Gasteiger partial charge in [0.2, 0.25) is 0 Å². The number of aliphatic hydroxyl groups is 1.